The molecule has 1 rings (SSSR count). The molecule has 0 atom stereocenters. The molecule has 12 heavy (non-hydrogen) atoms. The minimum Gasteiger partial charge on any atom is -0.200 e. The van der Waals surface area contributed by atoms with Gasteiger partial charge in [0.2, 0.25) is 0 Å². The van der Waals surface area contributed by atoms with E-state index in [1.807, 2.05) is 39.1 Å². The maximum atomic E-state index is 4.04. The first-order chi connectivity index (χ1) is 5.88. The summed E-state index contributed by atoms with van der Waals surface area (Å²) >= 11 is 1.50. The van der Waals surface area contributed by atoms with Crippen molar-refractivity contribution in [3.05, 3.63) is 28.6 Å². The fraction of sp³-hybridized carbons (Fsp3) is 0.300. The molecule has 0 bridgehead atoms. The molecule has 1 aromatic rings. The summed E-state index contributed by atoms with van der Waals surface area (Å²) in [5.41, 5.74) is 0. The highest BCUT2D eigenvalue weighted by atomic mass is 32.1. The van der Waals surface area contributed by atoms with Crippen molar-refractivity contribution in [2.45, 2.75) is 20.8 Å². The Hall–Kier alpha value is -0.890. The van der Waals surface area contributed by atoms with Gasteiger partial charge < -0.3 is 0 Å². The summed E-state index contributed by atoms with van der Waals surface area (Å²) in [5.74, 6) is 0. The topological polar surface area (TPSA) is 12.9 Å². The Kier molecular flexibility index (Phi) is 6.29. The van der Waals surface area contributed by atoms with Crippen LogP contribution in [0.3, 0.4) is 0 Å². The number of rotatable bonds is 1. The lowest BCUT2D eigenvalue weighted by atomic mass is 10.4. The lowest BCUT2D eigenvalue weighted by molar-refractivity contribution is 1.50. The third-order valence-corrected chi connectivity index (χ3v) is 2.07. The first-order valence-electron chi connectivity index (χ1n) is 4.08. The fourth-order valence-corrected chi connectivity index (χ4v) is 1.34. The number of hydrogen-bond donors (Lipinski definition) is 0. The smallest absolute Gasteiger partial charge is 0.0507 e. The fourth-order valence-electron chi connectivity index (χ4n) is 0.728. The molecule has 0 unspecified atom stereocenters. The third-order valence-electron chi connectivity index (χ3n) is 1.19. The molecule has 0 N–H and O–H groups in total. The predicted molar refractivity (Wildman–Crippen MR) is 57.5 cm³/mol. The van der Waals surface area contributed by atoms with Crippen molar-refractivity contribution in [1.82, 2.24) is 4.37 Å². The minimum atomic E-state index is 1.16. The second-order valence-corrected chi connectivity index (χ2v) is 2.67. The van der Waals surface area contributed by atoms with Gasteiger partial charge in [-0.15, -0.1) is 0 Å². The third kappa shape index (κ3) is 3.01. The lowest BCUT2D eigenvalue weighted by Gasteiger charge is -1.70. The SMILES string of the molecule is C=C/C=c1/cns/c1=C/C.CC. The van der Waals surface area contributed by atoms with Crippen LogP contribution in [0, 0.1) is 0 Å². The number of nitrogens with zero attached hydrogens (tertiary/aromatic N) is 1. The average molecular weight is 181 g/mol. The average Bonchev–Trinajstić information content (AvgIpc) is 2.56. The van der Waals surface area contributed by atoms with E-state index in [2.05, 4.69) is 11.0 Å². The first-order valence-corrected chi connectivity index (χ1v) is 4.85. The van der Waals surface area contributed by atoms with Gasteiger partial charge in [0.05, 0.1) is 4.53 Å². The van der Waals surface area contributed by atoms with E-state index in [0.29, 0.717) is 0 Å². The Morgan fingerprint density at radius 1 is 1.50 bits per heavy atom. The first kappa shape index (κ1) is 11.1. The Morgan fingerprint density at radius 3 is 2.67 bits per heavy atom. The van der Waals surface area contributed by atoms with E-state index in [-0.39, 0.29) is 0 Å². The van der Waals surface area contributed by atoms with Crippen LogP contribution in [0.5, 0.6) is 0 Å². The van der Waals surface area contributed by atoms with Crippen LogP contribution in [0.2, 0.25) is 0 Å². The molecule has 0 amide bonds. The molecule has 0 radical (unpaired) electrons. The van der Waals surface area contributed by atoms with Gasteiger partial charge in [-0.05, 0) is 18.5 Å². The molecule has 0 saturated heterocycles. The highest BCUT2D eigenvalue weighted by molar-refractivity contribution is 7.03. The van der Waals surface area contributed by atoms with E-state index in [9.17, 15) is 0 Å². The second kappa shape index (κ2) is 6.80. The molecule has 0 spiro atoms. The van der Waals surface area contributed by atoms with E-state index in [0.717, 1.165) is 5.22 Å². The van der Waals surface area contributed by atoms with E-state index < -0.39 is 0 Å². The number of allylic oxidation sites excluding steroid dienone is 1. The summed E-state index contributed by atoms with van der Waals surface area (Å²) in [7, 11) is 0. The van der Waals surface area contributed by atoms with Crippen LogP contribution < -0.4 is 9.75 Å². The summed E-state index contributed by atoms with van der Waals surface area (Å²) in [6, 6.07) is 0. The van der Waals surface area contributed by atoms with Crippen molar-refractivity contribution in [3.8, 4) is 0 Å². The van der Waals surface area contributed by atoms with Gasteiger partial charge in [0.15, 0.2) is 0 Å². The van der Waals surface area contributed by atoms with Crippen LogP contribution in [0.4, 0.5) is 0 Å². The molecule has 0 aromatic carbocycles. The molecule has 0 saturated carbocycles. The highest BCUT2D eigenvalue weighted by Gasteiger charge is 1.82. The van der Waals surface area contributed by atoms with Crippen LogP contribution in [0.1, 0.15) is 20.8 Å². The molecule has 1 nitrogen and oxygen atoms in total. The van der Waals surface area contributed by atoms with Crippen molar-refractivity contribution >= 4 is 23.7 Å². The van der Waals surface area contributed by atoms with Gasteiger partial charge in [0.25, 0.3) is 0 Å². The molecule has 2 heteroatoms. The van der Waals surface area contributed by atoms with Gasteiger partial charge in [-0.2, -0.15) is 4.37 Å². The minimum absolute atomic E-state index is 1.16. The molecular weight excluding hydrogens is 166 g/mol. The zero-order chi connectivity index (χ0) is 9.40. The van der Waals surface area contributed by atoms with E-state index in [4.69, 9.17) is 0 Å². The van der Waals surface area contributed by atoms with Crippen molar-refractivity contribution in [2.24, 2.45) is 0 Å². The molecule has 0 fully saturated rings. The van der Waals surface area contributed by atoms with E-state index in [1.54, 1.807) is 6.08 Å². The normalized spacial score (nSPS) is 12.2. The Labute approximate surface area is 77.9 Å². The van der Waals surface area contributed by atoms with Crippen molar-refractivity contribution in [1.29, 1.82) is 0 Å². The largest absolute Gasteiger partial charge is 0.200 e. The van der Waals surface area contributed by atoms with E-state index in [1.165, 1.54) is 16.1 Å². The maximum Gasteiger partial charge on any atom is 0.0507 e. The summed E-state index contributed by atoms with van der Waals surface area (Å²) < 4.78 is 5.25. The van der Waals surface area contributed by atoms with Crippen molar-refractivity contribution in [2.75, 3.05) is 0 Å². The van der Waals surface area contributed by atoms with Crippen molar-refractivity contribution < 1.29 is 0 Å². The van der Waals surface area contributed by atoms with Gasteiger partial charge in [-0.1, -0.05) is 38.7 Å². The van der Waals surface area contributed by atoms with Gasteiger partial charge in [0.1, 0.15) is 0 Å². The summed E-state index contributed by atoms with van der Waals surface area (Å²) in [6.45, 7) is 9.63. The predicted octanol–water partition coefficient (Wildman–Crippen LogP) is 1.94. The van der Waals surface area contributed by atoms with Crippen LogP contribution >= 0.6 is 11.5 Å². The van der Waals surface area contributed by atoms with Gasteiger partial charge >= 0.3 is 0 Å². The lowest BCUT2D eigenvalue weighted by Crippen LogP contribution is -2.15. The molecule has 1 aromatic heterocycles. The molecule has 0 aliphatic carbocycles. The van der Waals surface area contributed by atoms with Crippen LogP contribution in [-0.2, 0) is 0 Å². The molecule has 66 valence electrons. The van der Waals surface area contributed by atoms with Crippen LogP contribution in [-0.4, -0.2) is 4.37 Å². The van der Waals surface area contributed by atoms with Gasteiger partial charge in [0, 0.05) is 11.4 Å². The van der Waals surface area contributed by atoms with Crippen LogP contribution in [0.25, 0.3) is 12.2 Å². The highest BCUT2D eigenvalue weighted by Crippen LogP contribution is 1.73. The summed E-state index contributed by atoms with van der Waals surface area (Å²) in [6.07, 6.45) is 7.63. The standard InChI is InChI=1S/C8H9NS.C2H6/c1-3-5-7-6-9-10-8(7)4-2;1-2/h3-6H,1H2,2H3;1-2H3/b7-5-,8-4+;. The number of hydrogen-bond acceptors (Lipinski definition) is 2. The number of aromatic nitrogens is 1. The van der Waals surface area contributed by atoms with Crippen molar-refractivity contribution in [3.63, 3.8) is 0 Å². The van der Waals surface area contributed by atoms with Crippen LogP contribution in [0.15, 0.2) is 18.9 Å². The summed E-state index contributed by atoms with van der Waals surface area (Å²) in [4.78, 5) is 0. The Balaban J connectivity index is 0.000000561. The molecule has 0 aliphatic rings. The van der Waals surface area contributed by atoms with E-state index >= 15 is 0 Å². The quantitative estimate of drug-likeness (QED) is 0.645. The van der Waals surface area contributed by atoms with Gasteiger partial charge in [-0.25, -0.2) is 0 Å². The Bertz CT molecular complexity index is 322. The zero-order valence-corrected chi connectivity index (χ0v) is 8.69. The zero-order valence-electron chi connectivity index (χ0n) is 7.87. The molecule has 0 aliphatic heterocycles. The monoisotopic (exact) mass is 181 g/mol. The summed E-state index contributed by atoms with van der Waals surface area (Å²) in [5, 5.41) is 1.16. The second-order valence-electron chi connectivity index (χ2n) is 1.84. The Morgan fingerprint density at radius 2 is 2.17 bits per heavy atom. The maximum absolute atomic E-state index is 4.04. The van der Waals surface area contributed by atoms with Gasteiger partial charge in [-0.3, -0.25) is 0 Å². The molecule has 1 heterocycles. The molecular formula is C10H15NS.